The van der Waals surface area contributed by atoms with E-state index >= 15 is 0 Å². The van der Waals surface area contributed by atoms with Gasteiger partial charge in [-0.3, -0.25) is 4.79 Å². The lowest BCUT2D eigenvalue weighted by molar-refractivity contribution is 0.0702. The second-order valence-corrected chi connectivity index (χ2v) is 7.02. The summed E-state index contributed by atoms with van der Waals surface area (Å²) in [5.74, 6) is 1.41. The highest BCUT2D eigenvalue weighted by molar-refractivity contribution is 5.93. The van der Waals surface area contributed by atoms with Gasteiger partial charge in [0.05, 0.1) is 22.9 Å². The number of hydrogen-bond donors (Lipinski definition) is 0. The largest absolute Gasteiger partial charge is 0.472 e. The van der Waals surface area contributed by atoms with Gasteiger partial charge in [-0.2, -0.15) is 0 Å². The smallest absolute Gasteiger partial charge is 0.257 e. The summed E-state index contributed by atoms with van der Waals surface area (Å²) in [6.45, 7) is 5.88. The molecule has 1 amide bonds. The Morgan fingerprint density at radius 3 is 2.88 bits per heavy atom. The van der Waals surface area contributed by atoms with E-state index in [9.17, 15) is 4.79 Å². The molecule has 0 bridgehead atoms. The van der Waals surface area contributed by atoms with Gasteiger partial charge >= 0.3 is 0 Å². The van der Waals surface area contributed by atoms with E-state index in [1.54, 1.807) is 12.3 Å². The van der Waals surface area contributed by atoms with Crippen LogP contribution in [-0.2, 0) is 0 Å². The van der Waals surface area contributed by atoms with E-state index in [0.29, 0.717) is 18.2 Å². The summed E-state index contributed by atoms with van der Waals surface area (Å²) in [6.07, 6.45) is 5.13. The molecule has 0 N–H and O–H groups in total. The Bertz CT molecular complexity index is 880. The maximum atomic E-state index is 12.7. The van der Waals surface area contributed by atoms with Gasteiger partial charge in [-0.05, 0) is 44.9 Å². The molecule has 5 heteroatoms. The molecule has 4 rings (SSSR count). The first-order valence-corrected chi connectivity index (χ1v) is 8.93. The standard InChI is InChI=1S/C20H23N3O2/c1-14(2)23-18-8-4-3-7-17(18)21-19(23)15-6-5-10-22(12-15)20(24)16-9-11-25-13-16/h3-4,7-9,11,13-15H,5-6,10,12H2,1-2H3. The van der Waals surface area contributed by atoms with Gasteiger partial charge in [0.15, 0.2) is 0 Å². The molecule has 1 unspecified atom stereocenters. The summed E-state index contributed by atoms with van der Waals surface area (Å²) in [5.41, 5.74) is 2.83. The van der Waals surface area contributed by atoms with E-state index in [1.165, 1.54) is 11.8 Å². The number of carbonyl (C=O) groups excluding carboxylic acids is 1. The molecule has 1 aliphatic rings. The van der Waals surface area contributed by atoms with Gasteiger partial charge in [0.25, 0.3) is 5.91 Å². The van der Waals surface area contributed by atoms with Gasteiger partial charge < -0.3 is 13.9 Å². The van der Waals surface area contributed by atoms with Crippen molar-refractivity contribution in [1.82, 2.24) is 14.5 Å². The van der Waals surface area contributed by atoms with Crippen molar-refractivity contribution in [2.75, 3.05) is 13.1 Å². The molecule has 3 heterocycles. The first-order chi connectivity index (χ1) is 12.1. The third kappa shape index (κ3) is 2.84. The minimum absolute atomic E-state index is 0.0469. The number of rotatable bonds is 3. The SMILES string of the molecule is CC(C)n1c(C2CCCN(C(=O)c3ccoc3)C2)nc2ccccc21. The number of nitrogens with zero attached hydrogens (tertiary/aromatic N) is 3. The summed E-state index contributed by atoms with van der Waals surface area (Å²) >= 11 is 0. The molecule has 0 saturated carbocycles. The molecule has 1 aromatic carbocycles. The number of aromatic nitrogens is 2. The third-order valence-electron chi connectivity index (χ3n) is 4.98. The molecule has 25 heavy (non-hydrogen) atoms. The Hall–Kier alpha value is -2.56. The first kappa shape index (κ1) is 15.9. The molecule has 0 spiro atoms. The molecular weight excluding hydrogens is 314 g/mol. The van der Waals surface area contributed by atoms with E-state index in [0.717, 1.165) is 30.7 Å². The average Bonchev–Trinajstić information content (AvgIpc) is 3.28. The highest BCUT2D eigenvalue weighted by Gasteiger charge is 2.29. The van der Waals surface area contributed by atoms with E-state index in [4.69, 9.17) is 9.40 Å². The molecule has 1 fully saturated rings. The van der Waals surface area contributed by atoms with E-state index in [2.05, 4.69) is 36.6 Å². The minimum Gasteiger partial charge on any atom is -0.472 e. The van der Waals surface area contributed by atoms with E-state index < -0.39 is 0 Å². The van der Waals surface area contributed by atoms with Crippen LogP contribution in [0.25, 0.3) is 11.0 Å². The van der Waals surface area contributed by atoms with Crippen molar-refractivity contribution in [2.24, 2.45) is 0 Å². The number of benzene rings is 1. The monoisotopic (exact) mass is 337 g/mol. The van der Waals surface area contributed by atoms with Gasteiger partial charge in [-0.1, -0.05) is 12.1 Å². The molecule has 1 atom stereocenters. The lowest BCUT2D eigenvalue weighted by Gasteiger charge is -2.33. The maximum absolute atomic E-state index is 12.7. The number of hydrogen-bond acceptors (Lipinski definition) is 3. The minimum atomic E-state index is 0.0469. The van der Waals surface area contributed by atoms with Crippen LogP contribution in [-0.4, -0.2) is 33.4 Å². The highest BCUT2D eigenvalue weighted by atomic mass is 16.3. The number of likely N-dealkylation sites (tertiary alicyclic amines) is 1. The Labute approximate surface area is 147 Å². The number of para-hydroxylation sites is 2. The molecule has 5 nitrogen and oxygen atoms in total. The third-order valence-corrected chi connectivity index (χ3v) is 4.98. The van der Waals surface area contributed by atoms with Gasteiger partial charge in [0.2, 0.25) is 0 Å². The fourth-order valence-corrected chi connectivity index (χ4v) is 3.83. The quantitative estimate of drug-likeness (QED) is 0.718. The first-order valence-electron chi connectivity index (χ1n) is 8.93. The van der Waals surface area contributed by atoms with Crippen molar-refractivity contribution in [2.45, 2.75) is 38.6 Å². The summed E-state index contributed by atoms with van der Waals surface area (Å²) in [5, 5.41) is 0. The number of carbonyl (C=O) groups is 1. The summed E-state index contributed by atoms with van der Waals surface area (Å²) in [6, 6.07) is 10.3. The van der Waals surface area contributed by atoms with Crippen LogP contribution in [0.2, 0.25) is 0 Å². The van der Waals surface area contributed by atoms with Crippen LogP contribution >= 0.6 is 0 Å². The number of furan rings is 1. The van der Waals surface area contributed by atoms with Crippen LogP contribution in [0.5, 0.6) is 0 Å². The van der Waals surface area contributed by atoms with Gasteiger partial charge in [-0.25, -0.2) is 4.98 Å². The second kappa shape index (κ2) is 6.39. The van der Waals surface area contributed by atoms with Crippen molar-refractivity contribution >= 4 is 16.9 Å². The van der Waals surface area contributed by atoms with Crippen LogP contribution in [0.15, 0.2) is 47.3 Å². The van der Waals surface area contributed by atoms with Gasteiger partial charge in [0, 0.05) is 25.0 Å². The highest BCUT2D eigenvalue weighted by Crippen LogP contribution is 2.32. The zero-order valence-electron chi connectivity index (χ0n) is 14.7. The molecule has 1 aliphatic heterocycles. The fraction of sp³-hybridized carbons (Fsp3) is 0.400. The second-order valence-electron chi connectivity index (χ2n) is 7.02. The van der Waals surface area contributed by atoms with Crippen LogP contribution < -0.4 is 0 Å². The molecule has 1 saturated heterocycles. The zero-order valence-corrected chi connectivity index (χ0v) is 14.7. The summed E-state index contributed by atoms with van der Waals surface area (Å²) in [4.78, 5) is 19.5. The normalized spacial score (nSPS) is 18.2. The zero-order chi connectivity index (χ0) is 17.4. The predicted molar refractivity (Wildman–Crippen MR) is 96.7 cm³/mol. The van der Waals surface area contributed by atoms with Crippen LogP contribution in [0.3, 0.4) is 0 Å². The van der Waals surface area contributed by atoms with Crippen molar-refractivity contribution in [3.05, 3.63) is 54.2 Å². The van der Waals surface area contributed by atoms with Crippen molar-refractivity contribution in [3.8, 4) is 0 Å². The van der Waals surface area contributed by atoms with Gasteiger partial charge in [0.1, 0.15) is 12.1 Å². The Morgan fingerprint density at radius 2 is 2.12 bits per heavy atom. The average molecular weight is 337 g/mol. The van der Waals surface area contributed by atoms with Crippen LogP contribution in [0.1, 0.15) is 54.8 Å². The van der Waals surface area contributed by atoms with Crippen LogP contribution in [0.4, 0.5) is 0 Å². The molecule has 130 valence electrons. The number of piperidine rings is 1. The Balaban J connectivity index is 1.66. The van der Waals surface area contributed by atoms with Crippen LogP contribution in [0, 0.1) is 0 Å². The van der Waals surface area contributed by atoms with Gasteiger partial charge in [-0.15, -0.1) is 0 Å². The Morgan fingerprint density at radius 1 is 1.28 bits per heavy atom. The lowest BCUT2D eigenvalue weighted by atomic mass is 9.96. The predicted octanol–water partition coefficient (Wildman–Crippen LogP) is 4.23. The topological polar surface area (TPSA) is 51.3 Å². The van der Waals surface area contributed by atoms with Crippen molar-refractivity contribution < 1.29 is 9.21 Å². The molecule has 0 radical (unpaired) electrons. The van der Waals surface area contributed by atoms with Crippen molar-refractivity contribution in [1.29, 1.82) is 0 Å². The number of fused-ring (bicyclic) bond motifs is 1. The van der Waals surface area contributed by atoms with E-state index in [-0.39, 0.29) is 11.8 Å². The maximum Gasteiger partial charge on any atom is 0.257 e. The summed E-state index contributed by atoms with van der Waals surface area (Å²) < 4.78 is 7.39. The lowest BCUT2D eigenvalue weighted by Crippen LogP contribution is -2.39. The number of imidazole rings is 1. The summed E-state index contributed by atoms with van der Waals surface area (Å²) in [7, 11) is 0. The molecule has 0 aliphatic carbocycles. The molecule has 3 aromatic rings. The Kier molecular flexibility index (Phi) is 4.07. The number of amides is 1. The van der Waals surface area contributed by atoms with E-state index in [1.807, 2.05) is 11.0 Å². The fourth-order valence-electron chi connectivity index (χ4n) is 3.83. The molecule has 2 aromatic heterocycles. The molecular formula is C20H23N3O2. The van der Waals surface area contributed by atoms with Crippen molar-refractivity contribution in [3.63, 3.8) is 0 Å².